The van der Waals surface area contributed by atoms with Gasteiger partial charge < -0.3 is 15.1 Å². The lowest BCUT2D eigenvalue weighted by molar-refractivity contribution is -0.115. The molecule has 1 fully saturated rings. The molecule has 1 heterocycles. The normalized spacial score (nSPS) is 15.4. The number of benzene rings is 2. The van der Waals surface area contributed by atoms with Crippen LogP contribution in [0.5, 0.6) is 0 Å². The van der Waals surface area contributed by atoms with Crippen molar-refractivity contribution in [1.29, 1.82) is 0 Å². The molecule has 0 radical (unpaired) electrons. The summed E-state index contributed by atoms with van der Waals surface area (Å²) in [5.41, 5.74) is 2.70. The maximum atomic E-state index is 12.5. The van der Waals surface area contributed by atoms with Crippen molar-refractivity contribution < 1.29 is 13.2 Å². The van der Waals surface area contributed by atoms with Crippen LogP contribution in [-0.2, 0) is 14.6 Å². The second-order valence-corrected chi connectivity index (χ2v) is 9.35. The molecule has 28 heavy (non-hydrogen) atoms. The number of piperazine rings is 1. The lowest BCUT2D eigenvalue weighted by atomic mass is 10.2. The molecule has 1 saturated heterocycles. The van der Waals surface area contributed by atoms with E-state index in [0.717, 1.165) is 43.1 Å². The fourth-order valence-electron chi connectivity index (χ4n) is 3.21. The van der Waals surface area contributed by atoms with Gasteiger partial charge in [-0.3, -0.25) is 4.79 Å². The van der Waals surface area contributed by atoms with Gasteiger partial charge in [0.25, 0.3) is 0 Å². The molecule has 6 nitrogen and oxygen atoms in total. The summed E-state index contributed by atoms with van der Waals surface area (Å²) in [7, 11) is -1.38. The van der Waals surface area contributed by atoms with Gasteiger partial charge in [-0.1, -0.05) is 29.8 Å². The van der Waals surface area contributed by atoms with Crippen molar-refractivity contribution in [2.24, 2.45) is 0 Å². The number of carbonyl (C=O) groups is 1. The van der Waals surface area contributed by atoms with Gasteiger partial charge in [-0.2, -0.15) is 0 Å². The van der Waals surface area contributed by atoms with E-state index in [2.05, 4.69) is 22.2 Å². The standard InChI is InChI=1S/C21H27N3O3S/c1-17-7-9-18(10-8-17)28(26,27)16-11-21(25)22-19-5-3-4-6-20(19)24-14-12-23(2)13-15-24/h3-10H,11-16H2,1-2H3,(H,22,25). The van der Waals surface area contributed by atoms with E-state index in [1.807, 2.05) is 31.2 Å². The van der Waals surface area contributed by atoms with Crippen molar-refractivity contribution in [2.75, 3.05) is 49.2 Å². The first kappa shape index (κ1) is 20.4. The first-order valence-electron chi connectivity index (χ1n) is 9.47. The maximum Gasteiger partial charge on any atom is 0.225 e. The second kappa shape index (κ2) is 8.75. The Morgan fingerprint density at radius 1 is 1.00 bits per heavy atom. The van der Waals surface area contributed by atoms with Crippen molar-refractivity contribution in [3.05, 3.63) is 54.1 Å². The molecule has 150 valence electrons. The molecule has 0 spiro atoms. The van der Waals surface area contributed by atoms with Gasteiger partial charge in [0.1, 0.15) is 0 Å². The third-order valence-electron chi connectivity index (χ3n) is 5.00. The van der Waals surface area contributed by atoms with E-state index in [0.29, 0.717) is 0 Å². The van der Waals surface area contributed by atoms with Crippen LogP contribution in [-0.4, -0.2) is 58.2 Å². The average molecular weight is 402 g/mol. The topological polar surface area (TPSA) is 69.7 Å². The van der Waals surface area contributed by atoms with Crippen LogP contribution in [0.1, 0.15) is 12.0 Å². The van der Waals surface area contributed by atoms with Crippen LogP contribution in [0.2, 0.25) is 0 Å². The third kappa shape index (κ3) is 5.11. The van der Waals surface area contributed by atoms with Gasteiger partial charge in [-0.15, -0.1) is 0 Å². The molecule has 0 saturated carbocycles. The zero-order chi connectivity index (χ0) is 20.1. The Hall–Kier alpha value is -2.38. The molecular weight excluding hydrogens is 374 g/mol. The number of sulfone groups is 1. The fraction of sp³-hybridized carbons (Fsp3) is 0.381. The summed E-state index contributed by atoms with van der Waals surface area (Å²) in [6.07, 6.45) is -0.0761. The number of aryl methyl sites for hydroxylation is 1. The van der Waals surface area contributed by atoms with Gasteiger partial charge in [0.2, 0.25) is 5.91 Å². The van der Waals surface area contributed by atoms with Crippen LogP contribution in [0.15, 0.2) is 53.4 Å². The van der Waals surface area contributed by atoms with Gasteiger partial charge in [-0.05, 0) is 38.2 Å². The maximum absolute atomic E-state index is 12.5. The number of hydrogen-bond acceptors (Lipinski definition) is 5. The molecule has 3 rings (SSSR count). The third-order valence-corrected chi connectivity index (χ3v) is 6.73. The molecular formula is C21H27N3O3S. The van der Waals surface area contributed by atoms with Crippen molar-refractivity contribution in [2.45, 2.75) is 18.2 Å². The van der Waals surface area contributed by atoms with Gasteiger partial charge in [0, 0.05) is 32.6 Å². The van der Waals surface area contributed by atoms with Crippen molar-refractivity contribution in [3.63, 3.8) is 0 Å². The lowest BCUT2D eigenvalue weighted by Crippen LogP contribution is -2.44. The molecule has 0 aromatic heterocycles. The number of likely N-dealkylation sites (N-methyl/N-ethyl adjacent to an activating group) is 1. The molecule has 1 aliphatic heterocycles. The summed E-state index contributed by atoms with van der Waals surface area (Å²) in [5.74, 6) is -0.504. The highest BCUT2D eigenvalue weighted by molar-refractivity contribution is 7.91. The zero-order valence-corrected chi connectivity index (χ0v) is 17.2. The minimum atomic E-state index is -3.48. The van der Waals surface area contributed by atoms with Gasteiger partial charge in [0.05, 0.1) is 22.0 Å². The van der Waals surface area contributed by atoms with Gasteiger partial charge >= 0.3 is 0 Å². The largest absolute Gasteiger partial charge is 0.367 e. The summed E-state index contributed by atoms with van der Waals surface area (Å²) in [4.78, 5) is 17.2. The monoisotopic (exact) mass is 401 g/mol. The van der Waals surface area contributed by atoms with E-state index >= 15 is 0 Å². The highest BCUT2D eigenvalue weighted by Gasteiger charge is 2.19. The number of hydrogen-bond donors (Lipinski definition) is 1. The highest BCUT2D eigenvalue weighted by Crippen LogP contribution is 2.26. The van der Waals surface area contributed by atoms with E-state index in [9.17, 15) is 13.2 Å². The second-order valence-electron chi connectivity index (χ2n) is 7.24. The van der Waals surface area contributed by atoms with Crippen molar-refractivity contribution in [3.8, 4) is 0 Å². The number of amides is 1. The van der Waals surface area contributed by atoms with Crippen LogP contribution in [0.25, 0.3) is 0 Å². The van der Waals surface area contributed by atoms with E-state index < -0.39 is 9.84 Å². The van der Waals surface area contributed by atoms with Crippen LogP contribution in [0.3, 0.4) is 0 Å². The summed E-state index contributed by atoms with van der Waals surface area (Å²) in [6.45, 7) is 5.63. The number of nitrogens with one attached hydrogen (secondary N) is 1. The Kier molecular flexibility index (Phi) is 6.36. The van der Waals surface area contributed by atoms with Gasteiger partial charge in [0.15, 0.2) is 9.84 Å². The van der Waals surface area contributed by atoms with Gasteiger partial charge in [-0.25, -0.2) is 8.42 Å². The van der Waals surface area contributed by atoms with E-state index in [1.165, 1.54) is 0 Å². The van der Waals surface area contributed by atoms with Crippen molar-refractivity contribution >= 4 is 27.1 Å². The Morgan fingerprint density at radius 3 is 2.32 bits per heavy atom. The quantitative estimate of drug-likeness (QED) is 0.806. The summed E-state index contributed by atoms with van der Waals surface area (Å²) in [5, 5.41) is 2.89. The molecule has 7 heteroatoms. The van der Waals surface area contributed by atoms with E-state index in [4.69, 9.17) is 0 Å². The molecule has 0 bridgehead atoms. The molecule has 1 aliphatic rings. The SMILES string of the molecule is Cc1ccc(S(=O)(=O)CCC(=O)Nc2ccccc2N2CCN(C)CC2)cc1. The fourth-order valence-corrected chi connectivity index (χ4v) is 4.45. The Balaban J connectivity index is 1.63. The van der Waals surface area contributed by atoms with Crippen LogP contribution in [0.4, 0.5) is 11.4 Å². The molecule has 0 atom stereocenters. The van der Waals surface area contributed by atoms with Crippen LogP contribution in [0, 0.1) is 6.92 Å². The highest BCUT2D eigenvalue weighted by atomic mass is 32.2. The Bertz CT molecular complexity index is 918. The first-order valence-corrected chi connectivity index (χ1v) is 11.1. The number of nitrogens with zero attached hydrogens (tertiary/aromatic N) is 2. The van der Waals surface area contributed by atoms with Crippen molar-refractivity contribution in [1.82, 2.24) is 4.90 Å². The summed E-state index contributed by atoms with van der Waals surface area (Å²) in [6, 6.07) is 14.4. The number of carbonyl (C=O) groups excluding carboxylic acids is 1. The lowest BCUT2D eigenvalue weighted by Gasteiger charge is -2.35. The molecule has 1 N–H and O–H groups in total. The zero-order valence-electron chi connectivity index (χ0n) is 16.4. The summed E-state index contributed by atoms with van der Waals surface area (Å²) < 4.78 is 24.9. The predicted octanol–water partition coefficient (Wildman–Crippen LogP) is 2.55. The number of rotatable bonds is 6. The Labute approximate surface area is 167 Å². The minimum Gasteiger partial charge on any atom is -0.367 e. The molecule has 2 aromatic carbocycles. The van der Waals surface area contributed by atoms with Crippen LogP contribution < -0.4 is 10.2 Å². The van der Waals surface area contributed by atoms with Crippen LogP contribution >= 0.6 is 0 Å². The van der Waals surface area contributed by atoms with E-state index in [1.54, 1.807) is 24.3 Å². The average Bonchev–Trinajstić information content (AvgIpc) is 2.68. The Morgan fingerprint density at radius 2 is 1.64 bits per heavy atom. The molecule has 1 amide bonds. The molecule has 0 aliphatic carbocycles. The molecule has 0 unspecified atom stereocenters. The number of para-hydroxylation sites is 2. The minimum absolute atomic E-state index is 0.0761. The molecule has 2 aromatic rings. The smallest absolute Gasteiger partial charge is 0.225 e. The van der Waals surface area contributed by atoms with E-state index in [-0.39, 0.29) is 23.0 Å². The summed E-state index contributed by atoms with van der Waals surface area (Å²) >= 11 is 0. The first-order chi connectivity index (χ1) is 13.3. The predicted molar refractivity (Wildman–Crippen MR) is 113 cm³/mol. The number of anilines is 2.